The first-order valence-electron chi connectivity index (χ1n) is 5.43. The van der Waals surface area contributed by atoms with Gasteiger partial charge >= 0.3 is 0 Å². The molecule has 1 heterocycles. The Kier molecular flexibility index (Phi) is 3.93. The Labute approximate surface area is 104 Å². The summed E-state index contributed by atoms with van der Waals surface area (Å²) in [5, 5.41) is 0.949. The first-order valence-corrected chi connectivity index (χ1v) is 6.25. The molecule has 0 radical (unpaired) electrons. The fraction of sp³-hybridized carbons (Fsp3) is 0.417. The third kappa shape index (κ3) is 2.74. The fourth-order valence-corrected chi connectivity index (χ4v) is 2.61. The van der Waals surface area contributed by atoms with Crippen LogP contribution >= 0.6 is 11.3 Å². The summed E-state index contributed by atoms with van der Waals surface area (Å²) in [6.45, 7) is 0.653. The Morgan fingerprint density at radius 2 is 2.24 bits per heavy atom. The second kappa shape index (κ2) is 5.44. The SMILES string of the molecule is COCCC(N)c1nc2ccc(OC)cc2s1. The normalized spacial score (nSPS) is 12.9. The highest BCUT2D eigenvalue weighted by Gasteiger charge is 2.12. The van der Waals surface area contributed by atoms with E-state index in [0.29, 0.717) is 6.61 Å². The van der Waals surface area contributed by atoms with Gasteiger partial charge in [0.1, 0.15) is 10.8 Å². The quantitative estimate of drug-likeness (QED) is 0.887. The van der Waals surface area contributed by atoms with E-state index in [1.165, 1.54) is 0 Å². The fourth-order valence-electron chi connectivity index (χ4n) is 1.58. The molecule has 0 saturated carbocycles. The predicted octanol–water partition coefficient (Wildman–Crippen LogP) is 2.34. The van der Waals surface area contributed by atoms with Crippen LogP contribution in [0.15, 0.2) is 18.2 Å². The lowest BCUT2D eigenvalue weighted by atomic mass is 10.2. The second-order valence-corrected chi connectivity index (χ2v) is 4.84. The predicted molar refractivity (Wildman–Crippen MR) is 69.6 cm³/mol. The molecule has 0 spiro atoms. The average molecular weight is 252 g/mol. The van der Waals surface area contributed by atoms with Crippen molar-refractivity contribution in [3.63, 3.8) is 0 Å². The molecule has 1 aromatic carbocycles. The highest BCUT2D eigenvalue weighted by molar-refractivity contribution is 7.18. The van der Waals surface area contributed by atoms with Crippen molar-refractivity contribution in [2.75, 3.05) is 20.8 Å². The highest BCUT2D eigenvalue weighted by Crippen LogP contribution is 2.29. The molecule has 1 atom stereocenters. The van der Waals surface area contributed by atoms with Crippen molar-refractivity contribution in [1.29, 1.82) is 0 Å². The van der Waals surface area contributed by atoms with Gasteiger partial charge in [0.15, 0.2) is 0 Å². The van der Waals surface area contributed by atoms with Crippen LogP contribution in [0.1, 0.15) is 17.5 Å². The molecule has 0 aliphatic carbocycles. The van der Waals surface area contributed by atoms with Gasteiger partial charge in [-0.15, -0.1) is 11.3 Å². The second-order valence-electron chi connectivity index (χ2n) is 3.77. The van der Waals surface area contributed by atoms with Gasteiger partial charge in [0.2, 0.25) is 0 Å². The van der Waals surface area contributed by atoms with Crippen molar-refractivity contribution in [1.82, 2.24) is 4.98 Å². The van der Waals surface area contributed by atoms with Gasteiger partial charge in [-0.05, 0) is 24.6 Å². The number of fused-ring (bicyclic) bond motifs is 1. The van der Waals surface area contributed by atoms with E-state index in [0.717, 1.165) is 27.4 Å². The number of hydrogen-bond donors (Lipinski definition) is 1. The van der Waals surface area contributed by atoms with Crippen molar-refractivity contribution in [3.8, 4) is 5.75 Å². The summed E-state index contributed by atoms with van der Waals surface area (Å²) in [5.41, 5.74) is 7.02. The number of ether oxygens (including phenoxy) is 2. The van der Waals surface area contributed by atoms with Crippen LogP contribution in [0.25, 0.3) is 10.2 Å². The van der Waals surface area contributed by atoms with Gasteiger partial charge in [-0.25, -0.2) is 4.98 Å². The van der Waals surface area contributed by atoms with E-state index in [2.05, 4.69) is 4.98 Å². The zero-order valence-corrected chi connectivity index (χ0v) is 10.8. The summed E-state index contributed by atoms with van der Waals surface area (Å²) in [4.78, 5) is 4.52. The van der Waals surface area contributed by atoms with E-state index in [1.54, 1.807) is 25.6 Å². The van der Waals surface area contributed by atoms with E-state index in [9.17, 15) is 0 Å². The maximum absolute atomic E-state index is 6.05. The number of aromatic nitrogens is 1. The van der Waals surface area contributed by atoms with Crippen LogP contribution in [0.4, 0.5) is 0 Å². The van der Waals surface area contributed by atoms with Crippen molar-refractivity contribution in [3.05, 3.63) is 23.2 Å². The molecule has 2 N–H and O–H groups in total. The lowest BCUT2D eigenvalue weighted by Gasteiger charge is -2.06. The summed E-state index contributed by atoms with van der Waals surface area (Å²) in [6, 6.07) is 5.79. The molecule has 0 bridgehead atoms. The zero-order valence-electron chi connectivity index (χ0n) is 9.97. The van der Waals surface area contributed by atoms with Crippen LogP contribution in [0.3, 0.4) is 0 Å². The Bertz CT molecular complexity index is 498. The smallest absolute Gasteiger partial charge is 0.120 e. The molecule has 0 aliphatic rings. The van der Waals surface area contributed by atoms with Crippen LogP contribution in [-0.4, -0.2) is 25.8 Å². The standard InChI is InChI=1S/C12H16N2O2S/c1-15-6-5-9(13)12-14-10-4-3-8(16-2)7-11(10)17-12/h3-4,7,9H,5-6,13H2,1-2H3. The van der Waals surface area contributed by atoms with E-state index in [-0.39, 0.29) is 6.04 Å². The lowest BCUT2D eigenvalue weighted by molar-refractivity contribution is 0.188. The molecule has 0 saturated heterocycles. The van der Waals surface area contributed by atoms with E-state index in [1.807, 2.05) is 18.2 Å². The average Bonchev–Trinajstić information content (AvgIpc) is 2.78. The zero-order chi connectivity index (χ0) is 12.3. The van der Waals surface area contributed by atoms with Crippen LogP contribution in [0, 0.1) is 0 Å². The molecule has 1 unspecified atom stereocenters. The topological polar surface area (TPSA) is 57.4 Å². The molecule has 0 fully saturated rings. The Morgan fingerprint density at radius 3 is 2.94 bits per heavy atom. The number of thiazole rings is 1. The number of nitrogens with zero attached hydrogens (tertiary/aromatic N) is 1. The summed E-state index contributed by atoms with van der Waals surface area (Å²) < 4.78 is 11.3. The van der Waals surface area contributed by atoms with Crippen molar-refractivity contribution in [2.24, 2.45) is 5.73 Å². The maximum Gasteiger partial charge on any atom is 0.120 e. The van der Waals surface area contributed by atoms with E-state index < -0.39 is 0 Å². The Balaban J connectivity index is 2.24. The minimum atomic E-state index is -0.0571. The minimum Gasteiger partial charge on any atom is -0.497 e. The first kappa shape index (κ1) is 12.3. The molecule has 2 aromatic rings. The summed E-state index contributed by atoms with van der Waals surface area (Å²) in [7, 11) is 3.34. The van der Waals surface area contributed by atoms with Gasteiger partial charge in [0, 0.05) is 13.7 Å². The summed E-state index contributed by atoms with van der Waals surface area (Å²) in [5.74, 6) is 0.846. The molecular formula is C12H16N2O2S. The van der Waals surface area contributed by atoms with Gasteiger partial charge in [-0.1, -0.05) is 0 Å². The van der Waals surface area contributed by atoms with Gasteiger partial charge in [0.25, 0.3) is 0 Å². The van der Waals surface area contributed by atoms with Crippen LogP contribution in [0.2, 0.25) is 0 Å². The Morgan fingerprint density at radius 1 is 1.41 bits per heavy atom. The number of rotatable bonds is 5. The molecule has 2 rings (SSSR count). The van der Waals surface area contributed by atoms with Gasteiger partial charge < -0.3 is 15.2 Å². The summed E-state index contributed by atoms with van der Waals surface area (Å²) >= 11 is 1.61. The van der Waals surface area contributed by atoms with Gasteiger partial charge in [-0.2, -0.15) is 0 Å². The molecule has 1 aromatic heterocycles. The van der Waals surface area contributed by atoms with E-state index >= 15 is 0 Å². The number of methoxy groups -OCH3 is 2. The van der Waals surface area contributed by atoms with E-state index in [4.69, 9.17) is 15.2 Å². The van der Waals surface area contributed by atoms with Crippen LogP contribution in [-0.2, 0) is 4.74 Å². The summed E-state index contributed by atoms with van der Waals surface area (Å²) in [6.07, 6.45) is 0.785. The molecule has 92 valence electrons. The van der Waals surface area contributed by atoms with Crippen LogP contribution in [0.5, 0.6) is 5.75 Å². The molecule has 0 amide bonds. The largest absolute Gasteiger partial charge is 0.497 e. The number of nitrogens with two attached hydrogens (primary N) is 1. The van der Waals surface area contributed by atoms with Gasteiger partial charge in [0.05, 0.1) is 23.4 Å². The molecule has 17 heavy (non-hydrogen) atoms. The number of hydrogen-bond acceptors (Lipinski definition) is 5. The van der Waals surface area contributed by atoms with Crippen LogP contribution < -0.4 is 10.5 Å². The third-order valence-electron chi connectivity index (χ3n) is 2.56. The number of benzene rings is 1. The van der Waals surface area contributed by atoms with Crippen molar-refractivity contribution < 1.29 is 9.47 Å². The van der Waals surface area contributed by atoms with Crippen molar-refractivity contribution in [2.45, 2.75) is 12.5 Å². The minimum absolute atomic E-state index is 0.0571. The third-order valence-corrected chi connectivity index (χ3v) is 3.71. The van der Waals surface area contributed by atoms with Crippen molar-refractivity contribution >= 4 is 21.6 Å². The first-order chi connectivity index (χ1) is 8.24. The molecule has 4 nitrogen and oxygen atoms in total. The maximum atomic E-state index is 6.05. The lowest BCUT2D eigenvalue weighted by Crippen LogP contribution is -2.12. The molecular weight excluding hydrogens is 236 g/mol. The monoisotopic (exact) mass is 252 g/mol. The Hall–Kier alpha value is -1.17. The van der Waals surface area contributed by atoms with Gasteiger partial charge in [-0.3, -0.25) is 0 Å². The highest BCUT2D eigenvalue weighted by atomic mass is 32.1. The molecule has 0 aliphatic heterocycles. The molecule has 5 heteroatoms.